The Balaban J connectivity index is 1.95. The number of aromatic nitrogens is 1. The Labute approximate surface area is 94.7 Å². The van der Waals surface area contributed by atoms with Crippen LogP contribution in [0.1, 0.15) is 29.8 Å². The van der Waals surface area contributed by atoms with E-state index in [2.05, 4.69) is 10.3 Å². The van der Waals surface area contributed by atoms with Gasteiger partial charge in [0.2, 0.25) is 0 Å². The summed E-state index contributed by atoms with van der Waals surface area (Å²) in [6.45, 7) is 0.115. The Morgan fingerprint density at radius 2 is 2.38 bits per heavy atom. The first kappa shape index (κ1) is 11.1. The lowest BCUT2D eigenvalue weighted by Gasteiger charge is -2.16. The highest BCUT2D eigenvalue weighted by atomic mass is 16.3. The smallest absolute Gasteiger partial charge is 0.270 e. The minimum atomic E-state index is -0.147. The summed E-state index contributed by atoms with van der Waals surface area (Å²) < 4.78 is 0. The van der Waals surface area contributed by atoms with Gasteiger partial charge in [-0.1, -0.05) is 6.07 Å². The second-order valence-corrected chi connectivity index (χ2v) is 4.14. The van der Waals surface area contributed by atoms with Crippen LogP contribution >= 0.6 is 0 Å². The maximum Gasteiger partial charge on any atom is 0.270 e. The van der Waals surface area contributed by atoms with Crippen molar-refractivity contribution in [3.05, 3.63) is 30.1 Å². The van der Waals surface area contributed by atoms with Gasteiger partial charge in [-0.3, -0.25) is 9.78 Å². The number of nitrogens with one attached hydrogen (secondary N) is 1. The zero-order valence-electron chi connectivity index (χ0n) is 9.10. The summed E-state index contributed by atoms with van der Waals surface area (Å²) in [5.41, 5.74) is 0.436. The van der Waals surface area contributed by atoms with Gasteiger partial charge in [0.15, 0.2) is 0 Å². The quantitative estimate of drug-likeness (QED) is 0.777. The van der Waals surface area contributed by atoms with Crippen LogP contribution in [0, 0.1) is 5.92 Å². The van der Waals surface area contributed by atoms with Gasteiger partial charge in [-0.25, -0.2) is 0 Å². The fourth-order valence-corrected chi connectivity index (χ4v) is 1.80. The molecule has 1 saturated carbocycles. The average molecular weight is 220 g/mol. The first-order chi connectivity index (χ1) is 7.81. The standard InChI is InChI=1S/C12H16N2O2/c15-8-6-10(9-4-5-9)14-12(16)11-3-1-2-7-13-11/h1-3,7,9-10,15H,4-6,8H2,(H,14,16). The van der Waals surface area contributed by atoms with E-state index in [9.17, 15) is 4.79 Å². The average Bonchev–Trinajstić information content (AvgIpc) is 3.13. The summed E-state index contributed by atoms with van der Waals surface area (Å²) in [4.78, 5) is 15.8. The molecule has 0 aliphatic heterocycles. The topological polar surface area (TPSA) is 62.2 Å². The highest BCUT2D eigenvalue weighted by Gasteiger charge is 2.32. The first-order valence-electron chi connectivity index (χ1n) is 5.64. The number of nitrogens with zero attached hydrogens (tertiary/aromatic N) is 1. The molecule has 1 atom stereocenters. The van der Waals surface area contributed by atoms with Gasteiger partial charge in [-0.2, -0.15) is 0 Å². The lowest BCUT2D eigenvalue weighted by molar-refractivity contribution is 0.0919. The van der Waals surface area contributed by atoms with Crippen LogP contribution in [-0.2, 0) is 0 Å². The van der Waals surface area contributed by atoms with Crippen molar-refractivity contribution < 1.29 is 9.90 Å². The SMILES string of the molecule is O=C(NC(CCO)C1CC1)c1ccccn1. The minimum absolute atomic E-state index is 0.0968. The van der Waals surface area contributed by atoms with Gasteiger partial charge in [-0.05, 0) is 37.3 Å². The van der Waals surface area contributed by atoms with E-state index in [1.165, 1.54) is 0 Å². The number of carbonyl (C=O) groups excluding carboxylic acids is 1. The molecule has 86 valence electrons. The molecular formula is C12H16N2O2. The van der Waals surface area contributed by atoms with Crippen LogP contribution in [0.15, 0.2) is 24.4 Å². The monoisotopic (exact) mass is 220 g/mol. The summed E-state index contributed by atoms with van der Waals surface area (Å²) in [5.74, 6) is 0.394. The van der Waals surface area contributed by atoms with E-state index in [1.54, 1.807) is 24.4 Å². The molecule has 0 radical (unpaired) electrons. The first-order valence-corrected chi connectivity index (χ1v) is 5.64. The van der Waals surface area contributed by atoms with E-state index in [1.807, 2.05) is 0 Å². The van der Waals surface area contributed by atoms with E-state index in [0.717, 1.165) is 12.8 Å². The third kappa shape index (κ3) is 2.79. The van der Waals surface area contributed by atoms with Crippen molar-refractivity contribution in [2.75, 3.05) is 6.61 Å². The van der Waals surface area contributed by atoms with Crippen molar-refractivity contribution >= 4 is 5.91 Å². The van der Waals surface area contributed by atoms with Crippen molar-refractivity contribution in [3.8, 4) is 0 Å². The highest BCUT2D eigenvalue weighted by molar-refractivity contribution is 5.92. The Bertz CT molecular complexity index is 349. The van der Waals surface area contributed by atoms with Crippen molar-refractivity contribution in [1.82, 2.24) is 10.3 Å². The van der Waals surface area contributed by atoms with Gasteiger partial charge in [-0.15, -0.1) is 0 Å². The van der Waals surface area contributed by atoms with Crippen molar-refractivity contribution in [1.29, 1.82) is 0 Å². The maximum atomic E-state index is 11.8. The minimum Gasteiger partial charge on any atom is -0.396 e. The fraction of sp³-hybridized carbons (Fsp3) is 0.500. The van der Waals surface area contributed by atoms with E-state index in [-0.39, 0.29) is 18.6 Å². The molecule has 2 N–H and O–H groups in total. The number of carbonyl (C=O) groups is 1. The second-order valence-electron chi connectivity index (χ2n) is 4.14. The highest BCUT2D eigenvalue weighted by Crippen LogP contribution is 2.33. The van der Waals surface area contributed by atoms with Gasteiger partial charge in [0.05, 0.1) is 0 Å². The molecule has 1 unspecified atom stereocenters. The van der Waals surface area contributed by atoms with Crippen LogP contribution in [0.3, 0.4) is 0 Å². The summed E-state index contributed by atoms with van der Waals surface area (Å²) in [6, 6.07) is 5.36. The summed E-state index contributed by atoms with van der Waals surface area (Å²) in [6.07, 6.45) is 4.52. The molecule has 1 aromatic rings. The Kier molecular flexibility index (Phi) is 3.51. The molecule has 1 aliphatic carbocycles. The molecule has 1 aliphatic rings. The zero-order chi connectivity index (χ0) is 11.4. The number of rotatable bonds is 5. The largest absolute Gasteiger partial charge is 0.396 e. The number of aliphatic hydroxyl groups excluding tert-OH is 1. The van der Waals surface area contributed by atoms with Gasteiger partial charge in [0.25, 0.3) is 5.91 Å². The van der Waals surface area contributed by atoms with Gasteiger partial charge < -0.3 is 10.4 Å². The van der Waals surface area contributed by atoms with E-state index in [0.29, 0.717) is 18.0 Å². The van der Waals surface area contributed by atoms with E-state index >= 15 is 0 Å². The van der Waals surface area contributed by atoms with Crippen LogP contribution in [0.5, 0.6) is 0 Å². The molecular weight excluding hydrogens is 204 g/mol. The second kappa shape index (κ2) is 5.07. The predicted molar refractivity (Wildman–Crippen MR) is 59.9 cm³/mol. The van der Waals surface area contributed by atoms with Gasteiger partial charge in [0.1, 0.15) is 5.69 Å². The lowest BCUT2D eigenvalue weighted by Crippen LogP contribution is -2.37. The van der Waals surface area contributed by atoms with E-state index < -0.39 is 0 Å². The molecule has 4 heteroatoms. The molecule has 1 heterocycles. The Morgan fingerprint density at radius 3 is 2.94 bits per heavy atom. The number of hydrogen-bond acceptors (Lipinski definition) is 3. The fourth-order valence-electron chi connectivity index (χ4n) is 1.80. The summed E-state index contributed by atoms with van der Waals surface area (Å²) in [5, 5.41) is 11.9. The molecule has 1 aromatic heterocycles. The molecule has 0 spiro atoms. The predicted octanol–water partition coefficient (Wildman–Crippen LogP) is 0.972. The van der Waals surface area contributed by atoms with Crippen molar-refractivity contribution in [2.24, 2.45) is 5.92 Å². The molecule has 16 heavy (non-hydrogen) atoms. The zero-order valence-corrected chi connectivity index (χ0v) is 9.10. The van der Waals surface area contributed by atoms with Crippen LogP contribution < -0.4 is 5.32 Å². The lowest BCUT2D eigenvalue weighted by atomic mass is 10.1. The number of hydrogen-bond donors (Lipinski definition) is 2. The normalized spacial score (nSPS) is 16.8. The van der Waals surface area contributed by atoms with Crippen LogP contribution in [0.25, 0.3) is 0 Å². The summed E-state index contributed by atoms with van der Waals surface area (Å²) in [7, 11) is 0. The molecule has 4 nitrogen and oxygen atoms in total. The number of pyridine rings is 1. The third-order valence-corrected chi connectivity index (χ3v) is 2.85. The maximum absolute atomic E-state index is 11.8. The molecule has 1 amide bonds. The molecule has 0 saturated heterocycles. The third-order valence-electron chi connectivity index (χ3n) is 2.85. The van der Waals surface area contributed by atoms with Crippen LogP contribution in [0.2, 0.25) is 0 Å². The van der Waals surface area contributed by atoms with E-state index in [4.69, 9.17) is 5.11 Å². The molecule has 2 rings (SSSR count). The Morgan fingerprint density at radius 1 is 1.56 bits per heavy atom. The molecule has 0 bridgehead atoms. The number of aliphatic hydroxyl groups is 1. The van der Waals surface area contributed by atoms with Gasteiger partial charge >= 0.3 is 0 Å². The summed E-state index contributed by atoms with van der Waals surface area (Å²) >= 11 is 0. The molecule has 1 fully saturated rings. The van der Waals surface area contributed by atoms with Crippen molar-refractivity contribution in [2.45, 2.75) is 25.3 Å². The Hall–Kier alpha value is -1.42. The van der Waals surface area contributed by atoms with Crippen LogP contribution in [-0.4, -0.2) is 28.6 Å². The van der Waals surface area contributed by atoms with Crippen molar-refractivity contribution in [3.63, 3.8) is 0 Å². The molecule has 0 aromatic carbocycles. The number of amides is 1. The van der Waals surface area contributed by atoms with Gasteiger partial charge in [0, 0.05) is 18.8 Å². The van der Waals surface area contributed by atoms with Crippen LogP contribution in [0.4, 0.5) is 0 Å².